The molecule has 0 amide bonds. The molecule has 0 unspecified atom stereocenters. The average Bonchev–Trinajstić information content (AvgIpc) is 2.77. The van der Waals surface area contributed by atoms with E-state index < -0.39 is 18.3 Å². The molecule has 2 aliphatic rings. The Morgan fingerprint density at radius 2 is 1.59 bits per heavy atom. The maximum Gasteiger partial charge on any atom is 0.494 e. The van der Waals surface area contributed by atoms with Gasteiger partial charge in [-0.1, -0.05) is 26.0 Å². The number of rotatable bonds is 4. The van der Waals surface area contributed by atoms with E-state index in [4.69, 9.17) is 9.31 Å². The highest BCUT2D eigenvalue weighted by Crippen LogP contribution is 2.38. The van der Waals surface area contributed by atoms with Crippen LogP contribution >= 0.6 is 0 Å². The molecule has 1 aromatic carbocycles. The highest BCUT2D eigenvalue weighted by atomic mass is 19.1. The van der Waals surface area contributed by atoms with Crippen LogP contribution in [0.5, 0.6) is 0 Å². The van der Waals surface area contributed by atoms with E-state index in [0.717, 1.165) is 11.0 Å². The van der Waals surface area contributed by atoms with Crippen molar-refractivity contribution in [2.45, 2.75) is 91.0 Å². The summed E-state index contributed by atoms with van der Waals surface area (Å²) >= 11 is 0. The van der Waals surface area contributed by atoms with Crippen LogP contribution in [0.2, 0.25) is 0 Å². The maximum absolute atomic E-state index is 14.8. The summed E-state index contributed by atoms with van der Waals surface area (Å²) < 4.78 is 26.9. The van der Waals surface area contributed by atoms with Crippen molar-refractivity contribution in [2.75, 3.05) is 7.05 Å². The van der Waals surface area contributed by atoms with E-state index >= 15 is 0 Å². The largest absolute Gasteiger partial charge is 0.494 e. The topological polar surface area (TPSA) is 21.7 Å². The van der Waals surface area contributed by atoms with Gasteiger partial charge in [-0.2, -0.15) is 0 Å². The zero-order valence-corrected chi connectivity index (χ0v) is 18.1. The molecule has 1 saturated carbocycles. The van der Waals surface area contributed by atoms with Gasteiger partial charge >= 0.3 is 7.12 Å². The minimum absolute atomic E-state index is 0.176. The monoisotopic (exact) mass is 375 g/mol. The van der Waals surface area contributed by atoms with Gasteiger partial charge in [-0.3, -0.25) is 4.90 Å². The number of nitrogens with zero attached hydrogens (tertiary/aromatic N) is 1. The van der Waals surface area contributed by atoms with Gasteiger partial charge in [0.2, 0.25) is 0 Å². The van der Waals surface area contributed by atoms with E-state index in [9.17, 15) is 4.39 Å². The molecule has 27 heavy (non-hydrogen) atoms. The summed E-state index contributed by atoms with van der Waals surface area (Å²) in [5.41, 5.74) is 1.11. The van der Waals surface area contributed by atoms with E-state index in [0.29, 0.717) is 18.0 Å². The van der Waals surface area contributed by atoms with Crippen molar-refractivity contribution in [2.24, 2.45) is 5.41 Å². The zero-order chi connectivity index (χ0) is 20.0. The van der Waals surface area contributed by atoms with Gasteiger partial charge < -0.3 is 9.31 Å². The molecule has 0 radical (unpaired) electrons. The summed E-state index contributed by atoms with van der Waals surface area (Å²) in [5.74, 6) is -0.176. The van der Waals surface area contributed by atoms with Crippen LogP contribution in [0, 0.1) is 11.2 Å². The van der Waals surface area contributed by atoms with Crippen LogP contribution < -0.4 is 5.46 Å². The van der Waals surface area contributed by atoms with Crippen LogP contribution in [0.1, 0.15) is 72.8 Å². The van der Waals surface area contributed by atoms with Crippen molar-refractivity contribution in [3.8, 4) is 0 Å². The van der Waals surface area contributed by atoms with Gasteiger partial charge in [0, 0.05) is 18.2 Å². The van der Waals surface area contributed by atoms with Gasteiger partial charge in [0.05, 0.1) is 11.2 Å². The van der Waals surface area contributed by atoms with Gasteiger partial charge in [-0.25, -0.2) is 4.39 Å². The number of benzene rings is 1. The minimum Gasteiger partial charge on any atom is -0.399 e. The fourth-order valence-corrected chi connectivity index (χ4v) is 4.04. The molecule has 3 rings (SSSR count). The Hall–Kier alpha value is -0.905. The number of hydrogen-bond donors (Lipinski definition) is 0. The molecular weight excluding hydrogens is 340 g/mol. The molecule has 5 heteroatoms. The van der Waals surface area contributed by atoms with Crippen molar-refractivity contribution >= 4 is 12.6 Å². The molecule has 0 spiro atoms. The summed E-state index contributed by atoms with van der Waals surface area (Å²) in [5, 5.41) is 0. The first-order valence-electron chi connectivity index (χ1n) is 10.2. The fraction of sp³-hybridized carbons (Fsp3) is 0.727. The van der Waals surface area contributed by atoms with Crippen molar-refractivity contribution < 1.29 is 13.7 Å². The maximum atomic E-state index is 14.8. The molecule has 0 bridgehead atoms. The van der Waals surface area contributed by atoms with E-state index in [1.54, 1.807) is 6.07 Å². The molecule has 0 aromatic heterocycles. The van der Waals surface area contributed by atoms with E-state index in [1.807, 2.05) is 39.8 Å². The van der Waals surface area contributed by atoms with Crippen LogP contribution in [0.3, 0.4) is 0 Å². The van der Waals surface area contributed by atoms with Crippen LogP contribution in [0.4, 0.5) is 4.39 Å². The van der Waals surface area contributed by atoms with E-state index in [1.165, 1.54) is 25.7 Å². The third kappa shape index (κ3) is 4.41. The van der Waals surface area contributed by atoms with Gasteiger partial charge in [-0.05, 0) is 77.4 Å². The molecule has 1 aliphatic heterocycles. The summed E-state index contributed by atoms with van der Waals surface area (Å²) in [4.78, 5) is 2.31. The molecule has 1 saturated heterocycles. The fourth-order valence-electron chi connectivity index (χ4n) is 4.04. The Morgan fingerprint density at radius 3 is 2.11 bits per heavy atom. The first-order valence-corrected chi connectivity index (χ1v) is 10.2. The lowest BCUT2D eigenvalue weighted by Crippen LogP contribution is -2.41. The lowest BCUT2D eigenvalue weighted by Gasteiger charge is -2.38. The quantitative estimate of drug-likeness (QED) is 0.722. The van der Waals surface area contributed by atoms with Gasteiger partial charge in [0.15, 0.2) is 0 Å². The molecule has 0 N–H and O–H groups in total. The SMILES string of the molecule is CN(Cc1ccc(B2OC(C)(C)C(C)(C)O2)cc1F)C1CCC(C)(C)CC1. The van der Waals surface area contributed by atoms with Crippen LogP contribution in [0.25, 0.3) is 0 Å². The summed E-state index contributed by atoms with van der Waals surface area (Å²) in [7, 11) is 1.60. The van der Waals surface area contributed by atoms with Crippen LogP contribution in [0.15, 0.2) is 18.2 Å². The van der Waals surface area contributed by atoms with Gasteiger partial charge in [-0.15, -0.1) is 0 Å². The van der Waals surface area contributed by atoms with Crippen molar-refractivity contribution in [3.63, 3.8) is 0 Å². The Balaban J connectivity index is 1.65. The Kier molecular flexibility index (Phi) is 5.52. The predicted molar refractivity (Wildman–Crippen MR) is 110 cm³/mol. The second kappa shape index (κ2) is 7.16. The smallest absolute Gasteiger partial charge is 0.399 e. The first-order chi connectivity index (χ1) is 12.4. The van der Waals surface area contributed by atoms with Crippen LogP contribution in [-0.4, -0.2) is 36.3 Å². The second-order valence-corrected chi connectivity index (χ2v) is 10.2. The number of halogens is 1. The highest BCUT2D eigenvalue weighted by Gasteiger charge is 2.51. The zero-order valence-electron chi connectivity index (χ0n) is 18.1. The van der Waals surface area contributed by atoms with E-state index in [-0.39, 0.29) is 5.82 Å². The Bertz CT molecular complexity index is 663. The second-order valence-electron chi connectivity index (χ2n) is 10.2. The molecule has 2 fully saturated rings. The summed E-state index contributed by atoms with van der Waals surface area (Å²) in [6.45, 7) is 13.4. The normalized spacial score (nSPS) is 24.6. The third-order valence-electron chi connectivity index (χ3n) is 6.95. The van der Waals surface area contributed by atoms with Crippen molar-refractivity contribution in [1.29, 1.82) is 0 Å². The van der Waals surface area contributed by atoms with Gasteiger partial charge in [0.1, 0.15) is 5.82 Å². The average molecular weight is 375 g/mol. The highest BCUT2D eigenvalue weighted by molar-refractivity contribution is 6.62. The summed E-state index contributed by atoms with van der Waals surface area (Å²) in [6, 6.07) is 5.95. The Morgan fingerprint density at radius 1 is 1.04 bits per heavy atom. The summed E-state index contributed by atoms with van der Waals surface area (Å²) in [6.07, 6.45) is 4.87. The van der Waals surface area contributed by atoms with Gasteiger partial charge in [0.25, 0.3) is 0 Å². The van der Waals surface area contributed by atoms with Crippen LogP contribution in [-0.2, 0) is 15.9 Å². The third-order valence-corrected chi connectivity index (χ3v) is 6.95. The van der Waals surface area contributed by atoms with E-state index in [2.05, 4.69) is 25.8 Å². The predicted octanol–water partition coefficient (Wildman–Crippen LogP) is 4.53. The molecule has 1 aromatic rings. The molecule has 3 nitrogen and oxygen atoms in total. The molecule has 150 valence electrons. The molecule has 0 atom stereocenters. The van der Waals surface area contributed by atoms with Crippen molar-refractivity contribution in [1.82, 2.24) is 4.90 Å². The molecule has 1 heterocycles. The van der Waals surface area contributed by atoms with Crippen molar-refractivity contribution in [3.05, 3.63) is 29.6 Å². The lowest BCUT2D eigenvalue weighted by molar-refractivity contribution is 0.00578. The first kappa shape index (κ1) is 20.8. The Labute approximate surface area is 164 Å². The lowest BCUT2D eigenvalue weighted by atomic mass is 9.75. The molecule has 1 aliphatic carbocycles. The number of hydrogen-bond acceptors (Lipinski definition) is 3. The molecular formula is C22H35BFNO2. The standard InChI is InChI=1S/C22H35BFNO2/c1-20(2)12-10-18(11-13-20)25(7)15-16-8-9-17(14-19(16)24)23-26-21(3,4)22(5,6)27-23/h8-9,14,18H,10-13,15H2,1-7H3. The minimum atomic E-state index is -0.517.